The van der Waals surface area contributed by atoms with E-state index in [0.29, 0.717) is 16.2 Å². The minimum absolute atomic E-state index is 0.204. The van der Waals surface area contributed by atoms with Gasteiger partial charge in [0.2, 0.25) is 9.84 Å². The molecule has 0 aliphatic heterocycles. The van der Waals surface area contributed by atoms with Gasteiger partial charge in [0, 0.05) is 22.1 Å². The molecule has 2 aromatic carbocycles. The molecule has 1 aromatic heterocycles. The van der Waals surface area contributed by atoms with Crippen molar-refractivity contribution in [3.8, 4) is 5.75 Å². The fourth-order valence-electron chi connectivity index (χ4n) is 2.16. The standard InChI is InChI=1S/C15H12ClNO3S/c1-20-11-4-7-14-13(8-11)15(9-17-14)21(18,19)12-5-2-10(16)3-6-12/h2-9,17H,1H3. The summed E-state index contributed by atoms with van der Waals surface area (Å²) in [5, 5.41) is 1.10. The lowest BCUT2D eigenvalue weighted by molar-refractivity contribution is 0.415. The number of fused-ring (bicyclic) bond motifs is 1. The van der Waals surface area contributed by atoms with Crippen molar-refractivity contribution < 1.29 is 13.2 Å². The maximum Gasteiger partial charge on any atom is 0.208 e. The van der Waals surface area contributed by atoms with Crippen LogP contribution in [0.25, 0.3) is 10.9 Å². The molecule has 0 atom stereocenters. The van der Waals surface area contributed by atoms with Gasteiger partial charge in [-0.05, 0) is 42.5 Å². The first-order chi connectivity index (χ1) is 10.0. The molecule has 0 saturated carbocycles. The Bertz CT molecular complexity index is 898. The summed E-state index contributed by atoms with van der Waals surface area (Å²) in [5.74, 6) is 0.606. The van der Waals surface area contributed by atoms with Crippen LogP contribution in [0.4, 0.5) is 0 Å². The largest absolute Gasteiger partial charge is 0.497 e. The normalized spacial score (nSPS) is 11.7. The van der Waals surface area contributed by atoms with E-state index in [4.69, 9.17) is 16.3 Å². The zero-order valence-corrected chi connectivity index (χ0v) is 12.7. The molecule has 1 N–H and O–H groups in total. The summed E-state index contributed by atoms with van der Waals surface area (Å²) in [6.45, 7) is 0. The number of aromatic amines is 1. The Hall–Kier alpha value is -1.98. The summed E-state index contributed by atoms with van der Waals surface area (Å²) in [6, 6.07) is 11.4. The van der Waals surface area contributed by atoms with E-state index in [1.165, 1.54) is 18.3 Å². The number of H-pyrrole nitrogens is 1. The lowest BCUT2D eigenvalue weighted by Gasteiger charge is -2.04. The van der Waals surface area contributed by atoms with Gasteiger partial charge in [-0.15, -0.1) is 0 Å². The van der Waals surface area contributed by atoms with Crippen molar-refractivity contribution >= 4 is 32.3 Å². The van der Waals surface area contributed by atoms with Crippen molar-refractivity contribution in [1.29, 1.82) is 0 Å². The van der Waals surface area contributed by atoms with Gasteiger partial charge in [0.25, 0.3) is 0 Å². The van der Waals surface area contributed by atoms with Crippen molar-refractivity contribution in [1.82, 2.24) is 4.98 Å². The van der Waals surface area contributed by atoms with Crippen molar-refractivity contribution in [2.45, 2.75) is 9.79 Å². The van der Waals surface area contributed by atoms with Crippen molar-refractivity contribution in [2.24, 2.45) is 0 Å². The Morgan fingerprint density at radius 1 is 1.10 bits per heavy atom. The second-order valence-electron chi connectivity index (χ2n) is 4.52. The Morgan fingerprint density at radius 3 is 2.48 bits per heavy atom. The van der Waals surface area contributed by atoms with Crippen LogP contribution in [0.2, 0.25) is 5.02 Å². The number of methoxy groups -OCH3 is 1. The van der Waals surface area contributed by atoms with Gasteiger partial charge in [-0.3, -0.25) is 0 Å². The predicted molar refractivity (Wildman–Crippen MR) is 81.8 cm³/mol. The molecule has 0 saturated heterocycles. The van der Waals surface area contributed by atoms with E-state index in [9.17, 15) is 8.42 Å². The highest BCUT2D eigenvalue weighted by molar-refractivity contribution is 7.91. The Morgan fingerprint density at radius 2 is 1.81 bits per heavy atom. The summed E-state index contributed by atoms with van der Waals surface area (Å²) in [6.07, 6.45) is 1.49. The van der Waals surface area contributed by atoms with Crippen molar-refractivity contribution in [2.75, 3.05) is 7.11 Å². The summed E-state index contributed by atoms with van der Waals surface area (Å²) >= 11 is 5.80. The highest BCUT2D eigenvalue weighted by atomic mass is 35.5. The van der Waals surface area contributed by atoms with Crippen LogP contribution >= 0.6 is 11.6 Å². The van der Waals surface area contributed by atoms with Gasteiger partial charge in [-0.1, -0.05) is 11.6 Å². The maximum absolute atomic E-state index is 12.7. The van der Waals surface area contributed by atoms with E-state index in [1.807, 2.05) is 0 Å². The van der Waals surface area contributed by atoms with Gasteiger partial charge in [-0.25, -0.2) is 8.42 Å². The first kappa shape index (κ1) is 14.0. The Balaban J connectivity index is 2.21. The molecule has 0 aliphatic rings. The monoisotopic (exact) mass is 321 g/mol. The molecular weight excluding hydrogens is 310 g/mol. The summed E-state index contributed by atoms with van der Waals surface area (Å²) < 4.78 is 30.6. The van der Waals surface area contributed by atoms with E-state index in [2.05, 4.69) is 4.98 Å². The fraction of sp³-hybridized carbons (Fsp3) is 0.0667. The van der Waals surface area contributed by atoms with Crippen LogP contribution in [0, 0.1) is 0 Å². The number of hydrogen-bond acceptors (Lipinski definition) is 3. The van der Waals surface area contributed by atoms with Crippen molar-refractivity contribution in [3.63, 3.8) is 0 Å². The number of sulfone groups is 1. The highest BCUT2D eigenvalue weighted by Gasteiger charge is 2.21. The molecule has 108 valence electrons. The van der Waals surface area contributed by atoms with Crippen LogP contribution in [0.3, 0.4) is 0 Å². The number of rotatable bonds is 3. The molecule has 3 aromatic rings. The molecule has 0 unspecified atom stereocenters. The molecule has 4 nitrogen and oxygen atoms in total. The lowest BCUT2D eigenvalue weighted by atomic mass is 10.2. The van der Waals surface area contributed by atoms with Crippen LogP contribution in [-0.2, 0) is 9.84 Å². The summed E-state index contributed by atoms with van der Waals surface area (Å²) in [4.78, 5) is 3.39. The molecular formula is C15H12ClNO3S. The van der Waals surface area contributed by atoms with E-state index in [1.54, 1.807) is 37.4 Å². The van der Waals surface area contributed by atoms with Crippen LogP contribution in [0.15, 0.2) is 58.5 Å². The number of benzene rings is 2. The molecule has 0 fully saturated rings. The Labute approximate surface area is 127 Å². The van der Waals surface area contributed by atoms with Gasteiger partial charge < -0.3 is 9.72 Å². The molecule has 21 heavy (non-hydrogen) atoms. The van der Waals surface area contributed by atoms with E-state index >= 15 is 0 Å². The zero-order valence-electron chi connectivity index (χ0n) is 11.1. The molecule has 0 aliphatic carbocycles. The number of ether oxygens (including phenoxy) is 1. The average Bonchev–Trinajstić information content (AvgIpc) is 2.91. The second-order valence-corrected chi connectivity index (χ2v) is 6.88. The van der Waals surface area contributed by atoms with Gasteiger partial charge in [0.1, 0.15) is 5.75 Å². The minimum Gasteiger partial charge on any atom is -0.497 e. The van der Waals surface area contributed by atoms with E-state index < -0.39 is 9.84 Å². The van der Waals surface area contributed by atoms with Gasteiger partial charge in [0.05, 0.1) is 16.9 Å². The fourth-order valence-corrected chi connectivity index (χ4v) is 3.71. The highest BCUT2D eigenvalue weighted by Crippen LogP contribution is 2.31. The molecule has 0 amide bonds. The third-order valence-electron chi connectivity index (χ3n) is 3.26. The lowest BCUT2D eigenvalue weighted by Crippen LogP contribution is -2.00. The zero-order chi connectivity index (χ0) is 15.0. The van der Waals surface area contributed by atoms with Gasteiger partial charge in [0.15, 0.2) is 0 Å². The number of nitrogens with one attached hydrogen (secondary N) is 1. The first-order valence-electron chi connectivity index (χ1n) is 6.18. The summed E-state index contributed by atoms with van der Waals surface area (Å²) in [5.41, 5.74) is 0.739. The third-order valence-corrected chi connectivity index (χ3v) is 5.33. The van der Waals surface area contributed by atoms with E-state index in [-0.39, 0.29) is 9.79 Å². The third kappa shape index (κ3) is 2.39. The van der Waals surface area contributed by atoms with Crippen LogP contribution < -0.4 is 4.74 Å². The summed E-state index contributed by atoms with van der Waals surface area (Å²) in [7, 11) is -2.07. The van der Waals surface area contributed by atoms with Gasteiger partial charge in [-0.2, -0.15) is 0 Å². The van der Waals surface area contributed by atoms with E-state index in [0.717, 1.165) is 5.52 Å². The average molecular weight is 322 g/mol. The van der Waals surface area contributed by atoms with Crippen LogP contribution in [0.1, 0.15) is 0 Å². The van der Waals surface area contributed by atoms with Crippen LogP contribution in [-0.4, -0.2) is 20.5 Å². The number of aromatic nitrogens is 1. The van der Waals surface area contributed by atoms with Crippen LogP contribution in [0.5, 0.6) is 5.75 Å². The quantitative estimate of drug-likeness (QED) is 0.800. The Kier molecular flexibility index (Phi) is 3.39. The SMILES string of the molecule is COc1ccc2[nH]cc(S(=O)(=O)c3ccc(Cl)cc3)c2c1. The molecule has 6 heteroatoms. The van der Waals surface area contributed by atoms with Crippen molar-refractivity contribution in [3.05, 3.63) is 53.7 Å². The maximum atomic E-state index is 12.7. The number of halogens is 1. The second kappa shape index (κ2) is 5.09. The number of hydrogen-bond donors (Lipinski definition) is 1. The molecule has 1 heterocycles. The first-order valence-corrected chi connectivity index (χ1v) is 8.04. The smallest absolute Gasteiger partial charge is 0.208 e. The molecule has 0 radical (unpaired) electrons. The molecule has 0 bridgehead atoms. The van der Waals surface area contributed by atoms with Gasteiger partial charge >= 0.3 is 0 Å². The predicted octanol–water partition coefficient (Wildman–Crippen LogP) is 3.66. The molecule has 0 spiro atoms. The minimum atomic E-state index is -3.61. The molecule has 3 rings (SSSR count). The topological polar surface area (TPSA) is 59.2 Å².